The Balaban J connectivity index is 1.42. The van der Waals surface area contributed by atoms with Crippen LogP contribution >= 0.6 is 23.5 Å². The summed E-state index contributed by atoms with van der Waals surface area (Å²) in [7, 11) is 0. The maximum atomic E-state index is 11.9. The van der Waals surface area contributed by atoms with Gasteiger partial charge in [0.25, 0.3) is 0 Å². The number of imide groups is 2. The van der Waals surface area contributed by atoms with E-state index in [0.717, 1.165) is 0 Å². The van der Waals surface area contributed by atoms with E-state index in [1.54, 1.807) is 0 Å². The molecule has 0 aromatic heterocycles. The summed E-state index contributed by atoms with van der Waals surface area (Å²) >= 11 is 2.79. The van der Waals surface area contributed by atoms with Gasteiger partial charge in [0.15, 0.2) is 0 Å². The standard InChI is InChI=1S/C18H28N2O7S2/c1-28-13-11-15(21)19(17(13)23)3-5-25-7-9-27-10-8-26-6-4-20-16(22)12-14(29-2)18(20)24/h13-14H,3-12H2,1-2H3. The molecule has 164 valence electrons. The molecule has 2 heterocycles. The van der Waals surface area contributed by atoms with Gasteiger partial charge in [0.1, 0.15) is 0 Å². The van der Waals surface area contributed by atoms with E-state index in [1.807, 2.05) is 12.5 Å². The van der Waals surface area contributed by atoms with Gasteiger partial charge >= 0.3 is 0 Å². The van der Waals surface area contributed by atoms with Crippen molar-refractivity contribution in [1.29, 1.82) is 0 Å². The summed E-state index contributed by atoms with van der Waals surface area (Å²) < 4.78 is 16.2. The first kappa shape index (κ1) is 24.1. The van der Waals surface area contributed by atoms with E-state index in [4.69, 9.17) is 14.2 Å². The summed E-state index contributed by atoms with van der Waals surface area (Å²) in [6.45, 7) is 2.56. The molecule has 11 heteroatoms. The fraction of sp³-hybridized carbons (Fsp3) is 0.778. The molecule has 2 unspecified atom stereocenters. The fourth-order valence-corrected chi connectivity index (χ4v) is 4.27. The number of thioether (sulfide) groups is 2. The number of likely N-dealkylation sites (tertiary alicyclic amines) is 2. The third kappa shape index (κ3) is 6.95. The number of hydrogen-bond acceptors (Lipinski definition) is 9. The van der Waals surface area contributed by atoms with Crippen LogP contribution in [0, 0.1) is 0 Å². The predicted octanol–water partition coefficient (Wildman–Crippen LogP) is 0.0172. The number of rotatable bonds is 14. The largest absolute Gasteiger partial charge is 0.377 e. The van der Waals surface area contributed by atoms with Crippen molar-refractivity contribution < 1.29 is 33.4 Å². The summed E-state index contributed by atoms with van der Waals surface area (Å²) in [5.41, 5.74) is 0. The van der Waals surface area contributed by atoms with Crippen LogP contribution in [0.1, 0.15) is 12.8 Å². The highest BCUT2D eigenvalue weighted by molar-refractivity contribution is 8.00. The maximum absolute atomic E-state index is 11.9. The lowest BCUT2D eigenvalue weighted by Gasteiger charge is -2.15. The second-order valence-corrected chi connectivity index (χ2v) is 8.54. The van der Waals surface area contributed by atoms with Crippen LogP contribution in [0.4, 0.5) is 0 Å². The first-order valence-corrected chi connectivity index (χ1v) is 12.0. The van der Waals surface area contributed by atoms with Gasteiger partial charge in [0.2, 0.25) is 23.6 Å². The van der Waals surface area contributed by atoms with Crippen molar-refractivity contribution in [2.24, 2.45) is 0 Å². The smallest absolute Gasteiger partial charge is 0.242 e. The molecule has 0 radical (unpaired) electrons. The van der Waals surface area contributed by atoms with Crippen LogP contribution in [0.3, 0.4) is 0 Å². The SMILES string of the molecule is CSC1CC(=O)N(CCOCCOCCOCCN2C(=O)CC(SC)C2=O)C1=O. The van der Waals surface area contributed by atoms with Gasteiger partial charge in [-0.25, -0.2) is 0 Å². The summed E-state index contributed by atoms with van der Waals surface area (Å²) in [5.74, 6) is -0.568. The molecule has 2 aliphatic heterocycles. The van der Waals surface area contributed by atoms with Crippen molar-refractivity contribution in [1.82, 2.24) is 9.80 Å². The molecule has 2 saturated heterocycles. The van der Waals surface area contributed by atoms with Gasteiger partial charge in [-0.1, -0.05) is 0 Å². The summed E-state index contributed by atoms with van der Waals surface area (Å²) in [4.78, 5) is 49.9. The second-order valence-electron chi connectivity index (χ2n) is 6.46. The van der Waals surface area contributed by atoms with Crippen molar-refractivity contribution in [3.05, 3.63) is 0 Å². The Hall–Kier alpha value is -1.14. The van der Waals surface area contributed by atoms with Crippen molar-refractivity contribution >= 4 is 47.2 Å². The highest BCUT2D eigenvalue weighted by Gasteiger charge is 2.38. The van der Waals surface area contributed by atoms with Crippen LogP contribution in [0.15, 0.2) is 0 Å². The number of carbonyl (C=O) groups is 4. The first-order chi connectivity index (χ1) is 14.0. The number of amides is 4. The minimum atomic E-state index is -0.264. The van der Waals surface area contributed by atoms with Crippen molar-refractivity contribution in [3.8, 4) is 0 Å². The lowest BCUT2D eigenvalue weighted by atomic mass is 10.4. The van der Waals surface area contributed by atoms with Crippen LogP contribution in [0.2, 0.25) is 0 Å². The Morgan fingerprint density at radius 1 is 0.690 bits per heavy atom. The molecule has 2 atom stereocenters. The highest BCUT2D eigenvalue weighted by Crippen LogP contribution is 2.23. The molecular formula is C18H28N2O7S2. The van der Waals surface area contributed by atoms with E-state index in [2.05, 4.69) is 0 Å². The van der Waals surface area contributed by atoms with Crippen LogP contribution in [-0.4, -0.2) is 109 Å². The van der Waals surface area contributed by atoms with Crippen LogP contribution < -0.4 is 0 Å². The molecule has 9 nitrogen and oxygen atoms in total. The van der Waals surface area contributed by atoms with Gasteiger partial charge in [-0.3, -0.25) is 29.0 Å². The van der Waals surface area contributed by atoms with E-state index in [1.165, 1.54) is 33.3 Å². The number of hydrogen-bond donors (Lipinski definition) is 0. The van der Waals surface area contributed by atoms with E-state index in [0.29, 0.717) is 26.4 Å². The highest BCUT2D eigenvalue weighted by atomic mass is 32.2. The lowest BCUT2D eigenvalue weighted by Crippen LogP contribution is -2.34. The van der Waals surface area contributed by atoms with Gasteiger partial charge in [0, 0.05) is 12.8 Å². The Morgan fingerprint density at radius 3 is 1.34 bits per heavy atom. The minimum Gasteiger partial charge on any atom is -0.377 e. The molecule has 0 saturated carbocycles. The van der Waals surface area contributed by atoms with Crippen molar-refractivity contribution in [2.45, 2.75) is 23.3 Å². The molecule has 4 amide bonds. The molecule has 29 heavy (non-hydrogen) atoms. The lowest BCUT2D eigenvalue weighted by molar-refractivity contribution is -0.140. The minimum absolute atomic E-state index is 0.138. The molecule has 0 spiro atoms. The van der Waals surface area contributed by atoms with Crippen LogP contribution in [0.5, 0.6) is 0 Å². The number of ether oxygens (including phenoxy) is 3. The normalized spacial score (nSPS) is 22.4. The number of carbonyl (C=O) groups excluding carboxylic acids is 4. The summed E-state index contributed by atoms with van der Waals surface area (Å²) in [6, 6.07) is 0. The van der Waals surface area contributed by atoms with Crippen molar-refractivity contribution in [2.75, 3.05) is 65.2 Å². The van der Waals surface area contributed by atoms with E-state index in [9.17, 15) is 19.2 Å². The van der Waals surface area contributed by atoms with Gasteiger partial charge in [-0.15, -0.1) is 0 Å². The quantitative estimate of drug-likeness (QED) is 0.269. The molecule has 0 aliphatic carbocycles. The monoisotopic (exact) mass is 448 g/mol. The average Bonchev–Trinajstić information content (AvgIpc) is 3.14. The first-order valence-electron chi connectivity index (χ1n) is 9.46. The van der Waals surface area contributed by atoms with Crippen LogP contribution in [0.25, 0.3) is 0 Å². The second kappa shape index (κ2) is 12.5. The Kier molecular flexibility index (Phi) is 10.4. The Morgan fingerprint density at radius 2 is 1.03 bits per heavy atom. The zero-order chi connectivity index (χ0) is 21.2. The third-order valence-electron chi connectivity index (χ3n) is 4.64. The Labute approximate surface area is 179 Å². The predicted molar refractivity (Wildman–Crippen MR) is 110 cm³/mol. The van der Waals surface area contributed by atoms with Gasteiger partial charge in [-0.05, 0) is 12.5 Å². The fourth-order valence-electron chi connectivity index (χ4n) is 3.00. The molecule has 2 aliphatic rings. The molecule has 0 N–H and O–H groups in total. The molecule has 2 fully saturated rings. The molecule has 0 bridgehead atoms. The number of nitrogens with zero attached hydrogens (tertiary/aromatic N) is 2. The van der Waals surface area contributed by atoms with E-state index < -0.39 is 0 Å². The molecule has 2 rings (SSSR count). The summed E-state index contributed by atoms with van der Waals surface area (Å²) in [6.07, 6.45) is 4.18. The zero-order valence-electron chi connectivity index (χ0n) is 16.8. The van der Waals surface area contributed by atoms with Gasteiger partial charge in [-0.2, -0.15) is 23.5 Å². The van der Waals surface area contributed by atoms with Gasteiger partial charge < -0.3 is 14.2 Å². The molecular weight excluding hydrogens is 420 g/mol. The van der Waals surface area contributed by atoms with E-state index in [-0.39, 0.29) is 73.3 Å². The van der Waals surface area contributed by atoms with Crippen LogP contribution in [-0.2, 0) is 33.4 Å². The maximum Gasteiger partial charge on any atom is 0.242 e. The molecule has 0 aromatic carbocycles. The topological polar surface area (TPSA) is 102 Å². The summed E-state index contributed by atoms with van der Waals surface area (Å²) in [5, 5.41) is -0.529. The van der Waals surface area contributed by atoms with Crippen molar-refractivity contribution in [3.63, 3.8) is 0 Å². The van der Waals surface area contributed by atoms with E-state index >= 15 is 0 Å². The zero-order valence-corrected chi connectivity index (χ0v) is 18.4. The average molecular weight is 449 g/mol. The Bertz CT molecular complexity index is 555. The molecule has 0 aromatic rings. The van der Waals surface area contributed by atoms with Gasteiger partial charge in [0.05, 0.1) is 63.2 Å². The third-order valence-corrected chi connectivity index (χ3v) is 6.51.